The molecule has 0 fully saturated rings. The maximum atomic E-state index is 13.0. The van der Waals surface area contributed by atoms with Gasteiger partial charge in [0, 0.05) is 6.20 Å². The Kier molecular flexibility index (Phi) is 5.70. The van der Waals surface area contributed by atoms with Crippen molar-refractivity contribution in [3.63, 3.8) is 0 Å². The van der Waals surface area contributed by atoms with Gasteiger partial charge in [-0.15, -0.1) is 0 Å². The first kappa shape index (κ1) is 16.4. The first-order chi connectivity index (χ1) is 10.1. The van der Waals surface area contributed by atoms with E-state index in [1.54, 1.807) is 38.4 Å². The molecule has 0 bridgehead atoms. The predicted molar refractivity (Wildman–Crippen MR) is 84.5 cm³/mol. The van der Waals surface area contributed by atoms with E-state index in [0.717, 1.165) is 5.17 Å². The molecule has 0 aliphatic carbocycles. The van der Waals surface area contributed by atoms with Crippen molar-refractivity contribution in [2.75, 3.05) is 19.5 Å². The van der Waals surface area contributed by atoms with Crippen LogP contribution in [-0.4, -0.2) is 24.6 Å². The van der Waals surface area contributed by atoms with Crippen LogP contribution in [-0.2, 0) is 13.6 Å². The summed E-state index contributed by atoms with van der Waals surface area (Å²) < 4.78 is 29.3. The van der Waals surface area contributed by atoms with Crippen molar-refractivity contribution in [2.24, 2.45) is 4.99 Å². The molecule has 0 spiro atoms. The Morgan fingerprint density at radius 1 is 1.43 bits per heavy atom. The Bertz CT molecular complexity index is 561. The summed E-state index contributed by atoms with van der Waals surface area (Å²) in [6.45, 7) is 4.14. The van der Waals surface area contributed by atoms with Gasteiger partial charge in [-0.25, -0.2) is 4.99 Å². The zero-order valence-electron chi connectivity index (χ0n) is 12.2. The van der Waals surface area contributed by atoms with Gasteiger partial charge in [-0.1, -0.05) is 11.8 Å². The second-order valence-electron chi connectivity index (χ2n) is 4.10. The lowest BCUT2D eigenvalue weighted by Gasteiger charge is -2.26. The predicted octanol–water partition coefficient (Wildman–Crippen LogP) is 3.75. The largest absolute Gasteiger partial charge is 0.467 e. The van der Waals surface area contributed by atoms with Gasteiger partial charge in [0.1, 0.15) is 11.8 Å². The van der Waals surface area contributed by atoms with Crippen molar-refractivity contribution in [2.45, 2.75) is 19.9 Å². The highest BCUT2D eigenvalue weighted by Crippen LogP contribution is 2.61. The highest BCUT2D eigenvalue weighted by molar-refractivity contribution is 8.13. The molecule has 8 heteroatoms. The second kappa shape index (κ2) is 7.31. The maximum absolute atomic E-state index is 13.0. The summed E-state index contributed by atoms with van der Waals surface area (Å²) in [5, 5.41) is 4.19. The number of aliphatic imine (C=N–C) groups is 1. The highest BCUT2D eigenvalue weighted by atomic mass is 32.2. The number of hydrogen-bond acceptors (Lipinski definition) is 7. The SMILES string of the molecule is CCOP(=O)(OCC)C1=CNC(SC)=NC1c1ccco1. The minimum absolute atomic E-state index is 0.290. The van der Waals surface area contributed by atoms with Crippen molar-refractivity contribution >= 4 is 24.5 Å². The van der Waals surface area contributed by atoms with Crippen molar-refractivity contribution in [3.05, 3.63) is 35.7 Å². The molecule has 6 nitrogen and oxygen atoms in total. The van der Waals surface area contributed by atoms with Crippen LogP contribution in [0.4, 0.5) is 0 Å². The summed E-state index contributed by atoms with van der Waals surface area (Å²) in [5.74, 6) is 0.605. The molecule has 1 aliphatic heterocycles. The van der Waals surface area contributed by atoms with Gasteiger partial charge in [0.25, 0.3) is 0 Å². The zero-order chi connectivity index (χ0) is 15.3. The lowest BCUT2D eigenvalue weighted by molar-refractivity contribution is 0.224. The van der Waals surface area contributed by atoms with Crippen molar-refractivity contribution < 1.29 is 18.0 Å². The Hall–Kier alpha value is -1.01. The smallest absolute Gasteiger partial charge is 0.361 e. The third-order valence-corrected chi connectivity index (χ3v) is 5.60. The van der Waals surface area contributed by atoms with Crippen LogP contribution in [0.5, 0.6) is 0 Å². The Balaban J connectivity index is 2.40. The van der Waals surface area contributed by atoms with Crippen molar-refractivity contribution in [1.82, 2.24) is 5.32 Å². The number of nitrogens with zero attached hydrogens (tertiary/aromatic N) is 1. The summed E-state index contributed by atoms with van der Waals surface area (Å²) >= 11 is 1.47. The standard InChI is InChI=1S/C13H19N2O4PS/c1-4-18-20(16,19-5-2)11-9-14-13(21-3)15-12(11)10-7-6-8-17-10/h6-9,12H,4-5H2,1-3H3,(H,14,15). The van der Waals surface area contributed by atoms with Crippen LogP contribution < -0.4 is 5.32 Å². The minimum atomic E-state index is -3.41. The molecule has 1 aromatic rings. The summed E-state index contributed by atoms with van der Waals surface area (Å²) in [4.78, 5) is 4.53. The normalized spacial score (nSPS) is 18.9. The van der Waals surface area contributed by atoms with E-state index in [1.807, 2.05) is 6.26 Å². The third kappa shape index (κ3) is 3.61. The number of amidine groups is 1. The molecule has 0 amide bonds. The fourth-order valence-corrected chi connectivity index (χ4v) is 4.11. The summed E-state index contributed by atoms with van der Waals surface area (Å²) in [7, 11) is -3.41. The van der Waals surface area contributed by atoms with E-state index >= 15 is 0 Å². The van der Waals surface area contributed by atoms with E-state index in [2.05, 4.69) is 10.3 Å². The molecule has 0 radical (unpaired) electrons. The first-order valence-corrected chi connectivity index (χ1v) is 9.42. The molecule has 2 rings (SSSR count). The topological polar surface area (TPSA) is 73.1 Å². The molecule has 116 valence electrons. The van der Waals surface area contributed by atoms with Crippen LogP contribution >= 0.6 is 19.4 Å². The van der Waals surface area contributed by atoms with E-state index in [0.29, 0.717) is 24.3 Å². The zero-order valence-corrected chi connectivity index (χ0v) is 13.9. The summed E-state index contributed by atoms with van der Waals surface area (Å²) in [6, 6.07) is 3.07. The van der Waals surface area contributed by atoms with Gasteiger partial charge in [0.05, 0.1) is 24.8 Å². The van der Waals surface area contributed by atoms with Crippen LogP contribution in [0, 0.1) is 0 Å². The average molecular weight is 330 g/mol. The van der Waals surface area contributed by atoms with Gasteiger partial charge in [-0.2, -0.15) is 0 Å². The quantitative estimate of drug-likeness (QED) is 0.801. The lowest BCUT2D eigenvalue weighted by Crippen LogP contribution is -2.22. The van der Waals surface area contributed by atoms with Gasteiger partial charge in [-0.3, -0.25) is 4.57 Å². The van der Waals surface area contributed by atoms with Crippen LogP contribution in [0.2, 0.25) is 0 Å². The number of nitrogens with one attached hydrogen (secondary N) is 1. The van der Waals surface area contributed by atoms with Crippen LogP contribution in [0.25, 0.3) is 0 Å². The molecule has 0 saturated carbocycles. The molecule has 2 heterocycles. The average Bonchev–Trinajstić information content (AvgIpc) is 3.01. The number of thioether (sulfide) groups is 1. The second-order valence-corrected chi connectivity index (χ2v) is 6.93. The molecule has 1 unspecified atom stereocenters. The van der Waals surface area contributed by atoms with E-state index in [-0.39, 0.29) is 0 Å². The number of rotatable bonds is 6. The summed E-state index contributed by atoms with van der Waals surface area (Å²) in [5.41, 5.74) is 0. The van der Waals surface area contributed by atoms with Gasteiger partial charge in [-0.05, 0) is 32.2 Å². The van der Waals surface area contributed by atoms with Gasteiger partial charge in [0.15, 0.2) is 5.17 Å². The van der Waals surface area contributed by atoms with E-state index in [9.17, 15) is 4.57 Å². The molecule has 0 aromatic carbocycles. The molecule has 21 heavy (non-hydrogen) atoms. The minimum Gasteiger partial charge on any atom is -0.467 e. The first-order valence-electron chi connectivity index (χ1n) is 6.66. The van der Waals surface area contributed by atoms with Gasteiger partial charge in [0.2, 0.25) is 0 Å². The van der Waals surface area contributed by atoms with Crippen LogP contribution in [0.1, 0.15) is 25.6 Å². The van der Waals surface area contributed by atoms with Gasteiger partial charge >= 0.3 is 7.60 Å². The fraction of sp³-hybridized carbons (Fsp3) is 0.462. The van der Waals surface area contributed by atoms with Crippen molar-refractivity contribution in [3.8, 4) is 0 Å². The fourth-order valence-electron chi connectivity index (χ4n) is 1.96. The molecule has 0 saturated heterocycles. The Morgan fingerprint density at radius 2 is 2.14 bits per heavy atom. The molecule has 1 atom stereocenters. The third-order valence-electron chi connectivity index (χ3n) is 2.79. The van der Waals surface area contributed by atoms with Crippen molar-refractivity contribution in [1.29, 1.82) is 0 Å². The molecule has 1 aliphatic rings. The Labute approximate surface area is 128 Å². The molecule has 1 aromatic heterocycles. The van der Waals surface area contributed by atoms with Crippen LogP contribution in [0.3, 0.4) is 0 Å². The van der Waals surface area contributed by atoms with E-state index in [1.165, 1.54) is 11.8 Å². The van der Waals surface area contributed by atoms with Gasteiger partial charge < -0.3 is 18.8 Å². The lowest BCUT2D eigenvalue weighted by atomic mass is 10.2. The number of furan rings is 1. The molecular weight excluding hydrogens is 311 g/mol. The van der Waals surface area contributed by atoms with E-state index < -0.39 is 13.6 Å². The molecule has 1 N–H and O–H groups in total. The Morgan fingerprint density at radius 3 is 2.67 bits per heavy atom. The molecular formula is C13H19N2O4PS. The van der Waals surface area contributed by atoms with E-state index in [4.69, 9.17) is 13.5 Å². The summed E-state index contributed by atoms with van der Waals surface area (Å²) in [6.07, 6.45) is 5.13. The highest BCUT2D eigenvalue weighted by Gasteiger charge is 2.39. The van der Waals surface area contributed by atoms with Crippen LogP contribution in [0.15, 0.2) is 39.3 Å². The monoisotopic (exact) mass is 330 g/mol. The maximum Gasteiger partial charge on any atom is 0.361 e. The number of hydrogen-bond donors (Lipinski definition) is 1.